The van der Waals surface area contributed by atoms with Crippen LogP contribution < -0.4 is 10.2 Å². The van der Waals surface area contributed by atoms with E-state index in [4.69, 9.17) is 0 Å². The van der Waals surface area contributed by atoms with E-state index in [-0.39, 0.29) is 17.7 Å². The third kappa shape index (κ3) is 2.93. The number of nitrogens with zero attached hydrogens (tertiary/aromatic N) is 1. The predicted molar refractivity (Wildman–Crippen MR) is 116 cm³/mol. The van der Waals surface area contributed by atoms with Gasteiger partial charge in [0.15, 0.2) is 0 Å². The molecular formula is C25H16N2O3. The monoisotopic (exact) mass is 392 g/mol. The van der Waals surface area contributed by atoms with Gasteiger partial charge in [0.25, 0.3) is 17.7 Å². The second kappa shape index (κ2) is 6.97. The van der Waals surface area contributed by atoms with Crippen molar-refractivity contribution in [3.05, 3.63) is 108 Å². The summed E-state index contributed by atoms with van der Waals surface area (Å²) < 4.78 is 0. The highest BCUT2D eigenvalue weighted by molar-refractivity contribution is 6.34. The van der Waals surface area contributed by atoms with Crippen LogP contribution in [0.25, 0.3) is 10.8 Å². The topological polar surface area (TPSA) is 66.5 Å². The standard InChI is InChI=1S/C25H16N2O3/c28-23(26-19-13-12-16-6-1-2-7-17(16)14-19)18-8-5-9-20(15-18)27-24(29)21-10-3-4-11-22(21)25(27)30/h1-15H,(H,26,28). The van der Waals surface area contributed by atoms with Crippen molar-refractivity contribution < 1.29 is 14.4 Å². The van der Waals surface area contributed by atoms with Crippen molar-refractivity contribution in [2.24, 2.45) is 0 Å². The van der Waals surface area contributed by atoms with E-state index in [2.05, 4.69) is 5.32 Å². The van der Waals surface area contributed by atoms with Gasteiger partial charge in [-0.25, -0.2) is 4.90 Å². The van der Waals surface area contributed by atoms with Gasteiger partial charge in [0.2, 0.25) is 0 Å². The molecule has 0 saturated heterocycles. The van der Waals surface area contributed by atoms with E-state index in [0.717, 1.165) is 15.7 Å². The number of hydrogen-bond acceptors (Lipinski definition) is 3. The summed E-state index contributed by atoms with van der Waals surface area (Å²) in [5.41, 5.74) is 2.14. The lowest BCUT2D eigenvalue weighted by molar-refractivity contribution is 0.0924. The molecule has 0 fully saturated rings. The molecule has 0 aliphatic carbocycles. The molecule has 1 heterocycles. The van der Waals surface area contributed by atoms with Crippen molar-refractivity contribution in [3.8, 4) is 0 Å². The minimum Gasteiger partial charge on any atom is -0.322 e. The van der Waals surface area contributed by atoms with Crippen LogP contribution in [0.5, 0.6) is 0 Å². The normalized spacial score (nSPS) is 12.9. The van der Waals surface area contributed by atoms with Crippen LogP contribution in [-0.4, -0.2) is 17.7 Å². The van der Waals surface area contributed by atoms with E-state index in [0.29, 0.717) is 28.1 Å². The molecule has 0 atom stereocenters. The summed E-state index contributed by atoms with van der Waals surface area (Å²) >= 11 is 0. The van der Waals surface area contributed by atoms with E-state index >= 15 is 0 Å². The van der Waals surface area contributed by atoms with Crippen molar-refractivity contribution in [2.75, 3.05) is 10.2 Å². The Morgan fingerprint density at radius 2 is 1.33 bits per heavy atom. The third-order valence-corrected chi connectivity index (χ3v) is 5.17. The molecule has 0 aromatic heterocycles. The Morgan fingerprint density at radius 3 is 2.07 bits per heavy atom. The minimum absolute atomic E-state index is 0.316. The van der Waals surface area contributed by atoms with Crippen LogP contribution in [0.1, 0.15) is 31.1 Å². The minimum atomic E-state index is -0.386. The first kappa shape index (κ1) is 17.8. The van der Waals surface area contributed by atoms with Crippen molar-refractivity contribution >= 4 is 39.9 Å². The van der Waals surface area contributed by atoms with Gasteiger partial charge in [-0.1, -0.05) is 48.5 Å². The van der Waals surface area contributed by atoms with E-state index in [1.165, 1.54) is 0 Å². The Hall–Kier alpha value is -4.25. The number of carbonyl (C=O) groups excluding carboxylic acids is 3. The summed E-state index contributed by atoms with van der Waals surface area (Å²) in [5.74, 6) is -1.09. The van der Waals surface area contributed by atoms with Crippen molar-refractivity contribution in [2.45, 2.75) is 0 Å². The van der Waals surface area contributed by atoms with E-state index in [1.807, 2.05) is 42.5 Å². The molecule has 5 rings (SSSR count). The fraction of sp³-hybridized carbons (Fsp3) is 0. The van der Waals surface area contributed by atoms with Crippen molar-refractivity contribution in [1.82, 2.24) is 0 Å². The van der Waals surface area contributed by atoms with Crippen LogP contribution in [0, 0.1) is 0 Å². The van der Waals surface area contributed by atoms with E-state index < -0.39 is 0 Å². The highest BCUT2D eigenvalue weighted by Gasteiger charge is 2.36. The zero-order valence-electron chi connectivity index (χ0n) is 15.8. The first-order chi connectivity index (χ1) is 14.6. The second-order valence-corrected chi connectivity index (χ2v) is 7.06. The number of hydrogen-bond donors (Lipinski definition) is 1. The Labute approximate surface area is 172 Å². The van der Waals surface area contributed by atoms with Gasteiger partial charge in [0.1, 0.15) is 0 Å². The van der Waals surface area contributed by atoms with Gasteiger partial charge >= 0.3 is 0 Å². The van der Waals surface area contributed by atoms with Gasteiger partial charge in [-0.05, 0) is 53.2 Å². The van der Waals surface area contributed by atoms with Crippen LogP contribution in [0.15, 0.2) is 91.0 Å². The average Bonchev–Trinajstić information content (AvgIpc) is 3.04. The maximum Gasteiger partial charge on any atom is 0.266 e. The molecule has 0 unspecified atom stereocenters. The number of benzene rings is 4. The lowest BCUT2D eigenvalue weighted by atomic mass is 10.1. The fourth-order valence-corrected chi connectivity index (χ4v) is 3.68. The molecule has 0 spiro atoms. The molecule has 0 bridgehead atoms. The largest absolute Gasteiger partial charge is 0.322 e. The quantitative estimate of drug-likeness (QED) is 0.505. The summed E-state index contributed by atoms with van der Waals surface area (Å²) in [7, 11) is 0. The van der Waals surface area contributed by atoms with Gasteiger partial charge in [0.05, 0.1) is 16.8 Å². The number of amides is 3. The predicted octanol–water partition coefficient (Wildman–Crippen LogP) is 4.89. The number of anilines is 2. The van der Waals surface area contributed by atoms with E-state index in [1.54, 1.807) is 48.5 Å². The van der Waals surface area contributed by atoms with E-state index in [9.17, 15) is 14.4 Å². The van der Waals surface area contributed by atoms with Crippen molar-refractivity contribution in [1.29, 1.82) is 0 Å². The molecule has 1 aliphatic heterocycles. The molecule has 0 radical (unpaired) electrons. The molecular weight excluding hydrogens is 376 g/mol. The van der Waals surface area contributed by atoms with Crippen LogP contribution >= 0.6 is 0 Å². The highest BCUT2D eigenvalue weighted by Crippen LogP contribution is 2.29. The Morgan fingerprint density at radius 1 is 0.667 bits per heavy atom. The third-order valence-electron chi connectivity index (χ3n) is 5.17. The summed E-state index contributed by atoms with van der Waals surface area (Å²) in [6, 6.07) is 26.8. The second-order valence-electron chi connectivity index (χ2n) is 7.06. The summed E-state index contributed by atoms with van der Waals surface area (Å²) in [4.78, 5) is 39.3. The maximum absolute atomic E-state index is 12.8. The van der Waals surface area contributed by atoms with Crippen LogP contribution in [0.4, 0.5) is 11.4 Å². The lowest BCUT2D eigenvalue weighted by Crippen LogP contribution is -2.29. The van der Waals surface area contributed by atoms with Gasteiger partial charge in [-0.3, -0.25) is 14.4 Å². The molecule has 4 aromatic carbocycles. The van der Waals surface area contributed by atoms with Gasteiger partial charge in [-0.2, -0.15) is 0 Å². The number of rotatable bonds is 3. The zero-order valence-corrected chi connectivity index (χ0v) is 15.8. The molecule has 5 heteroatoms. The SMILES string of the molecule is O=C(Nc1ccc2ccccc2c1)c1cccc(N2C(=O)c3ccccc3C2=O)c1. The zero-order chi connectivity index (χ0) is 20.7. The van der Waals surface area contributed by atoms with Crippen LogP contribution in [-0.2, 0) is 0 Å². The summed E-state index contributed by atoms with van der Waals surface area (Å²) in [5, 5.41) is 4.99. The first-order valence-corrected chi connectivity index (χ1v) is 9.50. The Bertz CT molecular complexity index is 1310. The molecule has 3 amide bonds. The molecule has 5 nitrogen and oxygen atoms in total. The van der Waals surface area contributed by atoms with Crippen LogP contribution in [0.2, 0.25) is 0 Å². The van der Waals surface area contributed by atoms with Gasteiger partial charge in [-0.15, -0.1) is 0 Å². The van der Waals surface area contributed by atoms with Gasteiger partial charge < -0.3 is 5.32 Å². The average molecular weight is 392 g/mol. The number of fused-ring (bicyclic) bond motifs is 2. The molecule has 30 heavy (non-hydrogen) atoms. The number of nitrogens with one attached hydrogen (secondary N) is 1. The van der Waals surface area contributed by atoms with Gasteiger partial charge in [0, 0.05) is 11.3 Å². The summed E-state index contributed by atoms with van der Waals surface area (Å²) in [6.45, 7) is 0. The molecule has 0 saturated carbocycles. The molecule has 4 aromatic rings. The number of carbonyl (C=O) groups is 3. The van der Waals surface area contributed by atoms with Crippen molar-refractivity contribution in [3.63, 3.8) is 0 Å². The molecule has 1 N–H and O–H groups in total. The summed E-state index contributed by atoms with van der Waals surface area (Å²) in [6.07, 6.45) is 0. The fourth-order valence-electron chi connectivity index (χ4n) is 3.68. The van der Waals surface area contributed by atoms with Crippen LogP contribution in [0.3, 0.4) is 0 Å². The molecule has 1 aliphatic rings. The Balaban J connectivity index is 1.43. The highest BCUT2D eigenvalue weighted by atomic mass is 16.2. The lowest BCUT2D eigenvalue weighted by Gasteiger charge is -2.15. The Kier molecular flexibility index (Phi) is 4.14. The smallest absolute Gasteiger partial charge is 0.266 e. The number of imide groups is 1. The molecule has 144 valence electrons. The maximum atomic E-state index is 12.8. The first-order valence-electron chi connectivity index (χ1n) is 9.50.